The number of amides is 2. The number of nitriles is 1. The van der Waals surface area contributed by atoms with E-state index in [1.54, 1.807) is 21.7 Å². The van der Waals surface area contributed by atoms with Gasteiger partial charge in [0.25, 0.3) is 18.2 Å². The molecule has 3 aromatic heterocycles. The Morgan fingerprint density at radius 1 is 1.23 bits per heavy atom. The molecule has 230 valence electrons. The molecule has 1 aliphatic heterocycles. The van der Waals surface area contributed by atoms with E-state index in [1.165, 1.54) is 12.1 Å². The second kappa shape index (κ2) is 12.9. The van der Waals surface area contributed by atoms with Crippen molar-refractivity contribution >= 4 is 40.3 Å². The molecule has 2 N–H and O–H groups in total. The molecule has 12 heteroatoms. The number of allylic oxidation sites excluding steroid dienone is 1. The van der Waals surface area contributed by atoms with E-state index in [1.807, 2.05) is 26.8 Å². The van der Waals surface area contributed by atoms with Crippen LogP contribution >= 0.6 is 11.3 Å². The zero-order valence-electron chi connectivity index (χ0n) is 25.5. The smallest absolute Gasteiger partial charge is 0.272 e. The molecule has 0 saturated carbocycles. The molecule has 3 aromatic rings. The topological polar surface area (TPSA) is 116 Å². The first kappa shape index (κ1) is 32.2. The fraction of sp³-hybridized carbons (Fsp3) is 0.516. The molecule has 0 aromatic carbocycles. The number of likely N-dealkylation sites (tertiary alicyclic amines) is 1. The van der Waals surface area contributed by atoms with Crippen LogP contribution in [0.4, 0.5) is 14.7 Å². The number of carbonyl (C=O) groups excluding carboxylic acids is 2. The van der Waals surface area contributed by atoms with Gasteiger partial charge in [-0.25, -0.2) is 18.7 Å². The number of nitrogens with one attached hydrogen (secondary N) is 2. The van der Waals surface area contributed by atoms with E-state index >= 15 is 0 Å². The van der Waals surface area contributed by atoms with Crippen molar-refractivity contribution in [3.8, 4) is 6.07 Å². The van der Waals surface area contributed by atoms with E-state index in [0.29, 0.717) is 30.7 Å². The van der Waals surface area contributed by atoms with Crippen LogP contribution in [0.25, 0.3) is 11.2 Å². The van der Waals surface area contributed by atoms with Gasteiger partial charge in [-0.2, -0.15) is 5.26 Å². The second-order valence-electron chi connectivity index (χ2n) is 13.2. The molecular formula is C31H39F2N7O2S. The third-order valence-electron chi connectivity index (χ3n) is 6.88. The van der Waals surface area contributed by atoms with Gasteiger partial charge in [-0.3, -0.25) is 19.5 Å². The number of hydrogen-bond acceptors (Lipinski definition) is 7. The molecule has 1 fully saturated rings. The number of thiophene rings is 1. The molecule has 0 unspecified atom stereocenters. The summed E-state index contributed by atoms with van der Waals surface area (Å²) >= 11 is 0.729. The number of alkyl halides is 2. The summed E-state index contributed by atoms with van der Waals surface area (Å²) in [6.07, 6.45) is 2.25. The molecule has 0 bridgehead atoms. The Hall–Kier alpha value is -3.69. The Bertz CT molecular complexity index is 1560. The number of rotatable bonds is 9. The average molecular weight is 612 g/mol. The van der Waals surface area contributed by atoms with Crippen molar-refractivity contribution in [1.82, 2.24) is 24.8 Å². The molecule has 1 atom stereocenters. The standard InChI is InChI=1S/C31H39F2N7O2S/c1-30(2,3)13-20(14-34)28(42)39-11-7-8-21(39)17-40-26-22(12-19(16-36-26)15-35-18-31(4,5)6)37-29(40)38-27(41)24-10-9-23(43-24)25(32)33/h9-10,12-13,16,21,25,35H,7-8,11,15,17-18H2,1-6H3,(H,37,38,41)/b20-13+/t21-/m1/s1. The Morgan fingerprint density at radius 2 is 1.98 bits per heavy atom. The molecular weight excluding hydrogens is 572 g/mol. The van der Waals surface area contributed by atoms with Gasteiger partial charge in [-0.05, 0) is 47.4 Å². The van der Waals surface area contributed by atoms with Crippen LogP contribution in [0.2, 0.25) is 0 Å². The molecule has 1 saturated heterocycles. The Labute approximate surface area is 255 Å². The molecule has 2 amide bonds. The van der Waals surface area contributed by atoms with Gasteiger partial charge in [-0.15, -0.1) is 11.3 Å². The number of fused-ring (bicyclic) bond motifs is 1. The Balaban J connectivity index is 1.66. The van der Waals surface area contributed by atoms with Crippen molar-refractivity contribution in [1.29, 1.82) is 5.26 Å². The molecule has 0 spiro atoms. The molecule has 0 radical (unpaired) electrons. The molecule has 4 rings (SSSR count). The van der Waals surface area contributed by atoms with Gasteiger partial charge in [0.15, 0.2) is 5.65 Å². The lowest BCUT2D eigenvalue weighted by Gasteiger charge is -2.26. The van der Waals surface area contributed by atoms with Gasteiger partial charge in [0.1, 0.15) is 17.2 Å². The first-order valence-electron chi connectivity index (χ1n) is 14.3. The van der Waals surface area contributed by atoms with Crippen LogP contribution in [0, 0.1) is 22.2 Å². The van der Waals surface area contributed by atoms with E-state index in [0.717, 1.165) is 29.9 Å². The SMILES string of the molecule is CC(C)(C)/C=C(\C#N)C(=O)N1CCC[C@@H]1Cn1c(NC(=O)c2ccc(C(F)F)s2)nc2cc(CNCC(C)(C)C)cnc21. The summed E-state index contributed by atoms with van der Waals surface area (Å²) in [6.45, 7) is 14.4. The van der Waals surface area contributed by atoms with Crippen molar-refractivity contribution in [2.45, 2.75) is 79.9 Å². The lowest BCUT2D eigenvalue weighted by molar-refractivity contribution is -0.127. The van der Waals surface area contributed by atoms with Gasteiger partial charge in [0.2, 0.25) is 5.95 Å². The number of carbonyl (C=O) groups is 2. The number of imidazole rings is 1. The summed E-state index contributed by atoms with van der Waals surface area (Å²) in [6, 6.07) is 6.32. The summed E-state index contributed by atoms with van der Waals surface area (Å²) in [4.78, 5) is 37.6. The Kier molecular flexibility index (Phi) is 9.66. The summed E-state index contributed by atoms with van der Waals surface area (Å²) in [5.74, 6) is -0.669. The van der Waals surface area contributed by atoms with E-state index in [2.05, 4.69) is 47.4 Å². The largest absolute Gasteiger partial charge is 0.333 e. The number of pyridine rings is 1. The zero-order chi connectivity index (χ0) is 31.5. The van der Waals surface area contributed by atoms with E-state index in [-0.39, 0.29) is 50.6 Å². The van der Waals surface area contributed by atoms with Crippen molar-refractivity contribution < 1.29 is 18.4 Å². The lowest BCUT2D eigenvalue weighted by atomic mass is 9.93. The first-order chi connectivity index (χ1) is 20.1. The van der Waals surface area contributed by atoms with Crippen LogP contribution in [0.1, 0.15) is 80.9 Å². The maximum absolute atomic E-state index is 13.4. The number of hydrogen-bond donors (Lipinski definition) is 2. The molecule has 9 nitrogen and oxygen atoms in total. The van der Waals surface area contributed by atoms with Crippen LogP contribution in [0.3, 0.4) is 0 Å². The minimum Gasteiger partial charge on any atom is -0.333 e. The van der Waals surface area contributed by atoms with Crippen molar-refractivity contribution in [2.24, 2.45) is 10.8 Å². The zero-order valence-corrected chi connectivity index (χ0v) is 26.3. The highest BCUT2D eigenvalue weighted by atomic mass is 32.1. The minimum absolute atomic E-state index is 0.0986. The fourth-order valence-electron chi connectivity index (χ4n) is 4.99. The summed E-state index contributed by atoms with van der Waals surface area (Å²) in [5, 5.41) is 15.9. The van der Waals surface area contributed by atoms with Crippen molar-refractivity contribution in [3.05, 3.63) is 51.4 Å². The van der Waals surface area contributed by atoms with E-state index in [4.69, 9.17) is 0 Å². The third-order valence-corrected chi connectivity index (χ3v) is 7.97. The van der Waals surface area contributed by atoms with Gasteiger partial charge in [0.05, 0.1) is 15.8 Å². The van der Waals surface area contributed by atoms with Crippen LogP contribution in [-0.4, -0.2) is 50.4 Å². The molecule has 4 heterocycles. The van der Waals surface area contributed by atoms with E-state index < -0.39 is 12.3 Å². The number of aromatic nitrogens is 3. The monoisotopic (exact) mass is 611 g/mol. The van der Waals surface area contributed by atoms with Crippen molar-refractivity contribution in [2.75, 3.05) is 18.4 Å². The normalized spacial score (nSPS) is 16.2. The minimum atomic E-state index is -2.66. The van der Waals surface area contributed by atoms with Crippen LogP contribution in [-0.2, 0) is 17.9 Å². The van der Waals surface area contributed by atoms with Crippen LogP contribution < -0.4 is 10.6 Å². The molecule has 43 heavy (non-hydrogen) atoms. The van der Waals surface area contributed by atoms with Crippen LogP contribution in [0.5, 0.6) is 0 Å². The average Bonchev–Trinajstić information content (AvgIpc) is 3.65. The van der Waals surface area contributed by atoms with Gasteiger partial charge in [0, 0.05) is 32.4 Å². The molecule has 0 aliphatic carbocycles. The van der Waals surface area contributed by atoms with E-state index in [9.17, 15) is 23.6 Å². The predicted molar refractivity (Wildman–Crippen MR) is 164 cm³/mol. The first-order valence-corrected chi connectivity index (χ1v) is 15.2. The summed E-state index contributed by atoms with van der Waals surface area (Å²) in [7, 11) is 0. The number of halogens is 2. The number of anilines is 1. The third kappa shape index (κ3) is 8.24. The van der Waals surface area contributed by atoms with Gasteiger partial charge < -0.3 is 10.2 Å². The van der Waals surface area contributed by atoms with Gasteiger partial charge >= 0.3 is 0 Å². The molecule has 1 aliphatic rings. The highest BCUT2D eigenvalue weighted by molar-refractivity contribution is 7.14. The lowest BCUT2D eigenvalue weighted by Crippen LogP contribution is -2.39. The number of nitrogens with zero attached hydrogens (tertiary/aromatic N) is 5. The highest BCUT2D eigenvalue weighted by Crippen LogP contribution is 2.30. The van der Waals surface area contributed by atoms with Gasteiger partial charge in [-0.1, -0.05) is 47.6 Å². The fourth-order valence-corrected chi connectivity index (χ4v) is 5.75. The summed E-state index contributed by atoms with van der Waals surface area (Å²) < 4.78 is 28.1. The predicted octanol–water partition coefficient (Wildman–Crippen LogP) is 6.31. The maximum Gasteiger partial charge on any atom is 0.272 e. The summed E-state index contributed by atoms with van der Waals surface area (Å²) in [5.41, 5.74) is 1.87. The second-order valence-corrected chi connectivity index (χ2v) is 14.3. The maximum atomic E-state index is 13.4. The van der Waals surface area contributed by atoms with Crippen molar-refractivity contribution in [3.63, 3.8) is 0 Å². The quantitative estimate of drug-likeness (QED) is 0.217. The Morgan fingerprint density at radius 3 is 2.60 bits per heavy atom. The van der Waals surface area contributed by atoms with Crippen LogP contribution in [0.15, 0.2) is 36.0 Å². The highest BCUT2D eigenvalue weighted by Gasteiger charge is 2.33.